The van der Waals surface area contributed by atoms with E-state index in [1.54, 1.807) is 13.1 Å². The molecular weight excluding hydrogens is 300 g/mol. The highest BCUT2D eigenvalue weighted by molar-refractivity contribution is 5.54. The second kappa shape index (κ2) is 5.65. The van der Waals surface area contributed by atoms with Crippen LogP contribution in [0.4, 0.5) is 11.6 Å². The van der Waals surface area contributed by atoms with Gasteiger partial charge in [0.15, 0.2) is 0 Å². The zero-order valence-corrected chi connectivity index (χ0v) is 14.1. The topological polar surface area (TPSA) is 72.9 Å². The highest BCUT2D eigenvalue weighted by Gasteiger charge is 2.41. The van der Waals surface area contributed by atoms with Crippen molar-refractivity contribution in [1.29, 1.82) is 0 Å². The van der Waals surface area contributed by atoms with E-state index >= 15 is 0 Å². The molecule has 0 atom stereocenters. The van der Waals surface area contributed by atoms with Gasteiger partial charge in [0.05, 0.1) is 0 Å². The monoisotopic (exact) mass is 324 g/mol. The molecule has 0 saturated heterocycles. The zero-order valence-electron chi connectivity index (χ0n) is 14.1. The predicted molar refractivity (Wildman–Crippen MR) is 96.0 cm³/mol. The van der Waals surface area contributed by atoms with Gasteiger partial charge < -0.3 is 11.2 Å². The van der Waals surface area contributed by atoms with Crippen molar-refractivity contribution in [3.05, 3.63) is 51.9 Å². The van der Waals surface area contributed by atoms with Gasteiger partial charge in [0.1, 0.15) is 0 Å². The second-order valence-electron chi connectivity index (χ2n) is 7.40. The van der Waals surface area contributed by atoms with Crippen molar-refractivity contribution in [1.82, 2.24) is 9.66 Å². The van der Waals surface area contributed by atoms with E-state index in [1.807, 2.05) is 0 Å². The van der Waals surface area contributed by atoms with E-state index in [-0.39, 0.29) is 5.56 Å². The molecule has 3 aliphatic carbocycles. The molecule has 2 bridgehead atoms. The van der Waals surface area contributed by atoms with Crippen LogP contribution in [0.3, 0.4) is 0 Å². The van der Waals surface area contributed by atoms with Gasteiger partial charge in [-0.05, 0) is 74.5 Å². The van der Waals surface area contributed by atoms with E-state index in [4.69, 9.17) is 5.84 Å². The van der Waals surface area contributed by atoms with E-state index in [2.05, 4.69) is 34.6 Å². The van der Waals surface area contributed by atoms with Crippen LogP contribution in [0.5, 0.6) is 0 Å². The van der Waals surface area contributed by atoms with Gasteiger partial charge in [0, 0.05) is 17.4 Å². The SMILES string of the molecule is Cc1cnc(Nc2ccc(C34CCC(CC3)CC4)cc2)n(N)c1=O. The normalized spacial score (nSPS) is 25.6. The number of nitrogens with one attached hydrogen (secondary N) is 1. The minimum atomic E-state index is -0.234. The molecule has 1 aromatic heterocycles. The van der Waals surface area contributed by atoms with Gasteiger partial charge in [-0.15, -0.1) is 0 Å². The first kappa shape index (κ1) is 15.2. The van der Waals surface area contributed by atoms with E-state index in [0.29, 0.717) is 16.9 Å². The summed E-state index contributed by atoms with van der Waals surface area (Å²) in [6, 6.07) is 8.58. The lowest BCUT2D eigenvalue weighted by molar-refractivity contribution is 0.136. The van der Waals surface area contributed by atoms with E-state index in [9.17, 15) is 4.79 Å². The first-order chi connectivity index (χ1) is 11.6. The number of hydrogen-bond donors (Lipinski definition) is 2. The molecule has 24 heavy (non-hydrogen) atoms. The number of benzene rings is 1. The first-order valence-corrected chi connectivity index (χ1v) is 8.79. The Kier molecular flexibility index (Phi) is 3.59. The standard InChI is InChI=1S/C19H24N4O/c1-13-12-21-18(23(20)17(13)24)22-16-4-2-15(3-5-16)19-9-6-14(7-10-19)8-11-19/h2-5,12,14H,6-11,20H2,1H3,(H,21,22). The highest BCUT2D eigenvalue weighted by Crippen LogP contribution is 2.51. The van der Waals surface area contributed by atoms with Crippen molar-refractivity contribution in [2.45, 2.75) is 50.9 Å². The van der Waals surface area contributed by atoms with Crippen LogP contribution in [0.15, 0.2) is 35.3 Å². The highest BCUT2D eigenvalue weighted by atomic mass is 16.1. The van der Waals surface area contributed by atoms with Crippen molar-refractivity contribution in [2.75, 3.05) is 11.2 Å². The summed E-state index contributed by atoms with van der Waals surface area (Å²) in [5.41, 5.74) is 3.04. The number of aryl methyl sites for hydroxylation is 1. The lowest BCUT2D eigenvalue weighted by atomic mass is 9.58. The summed E-state index contributed by atoms with van der Waals surface area (Å²) in [4.78, 5) is 16.1. The molecule has 0 unspecified atom stereocenters. The molecule has 1 heterocycles. The van der Waals surface area contributed by atoms with Crippen molar-refractivity contribution in [2.24, 2.45) is 5.92 Å². The molecule has 0 spiro atoms. The van der Waals surface area contributed by atoms with Crippen molar-refractivity contribution < 1.29 is 0 Å². The van der Waals surface area contributed by atoms with Gasteiger partial charge in [-0.25, -0.2) is 4.98 Å². The van der Waals surface area contributed by atoms with Crippen molar-refractivity contribution in [3.8, 4) is 0 Å². The Morgan fingerprint density at radius 2 is 1.79 bits per heavy atom. The number of rotatable bonds is 3. The second-order valence-corrected chi connectivity index (χ2v) is 7.40. The number of anilines is 2. The van der Waals surface area contributed by atoms with Crippen LogP contribution in [-0.2, 0) is 5.41 Å². The Bertz CT molecular complexity index is 787. The van der Waals surface area contributed by atoms with Crippen LogP contribution in [0.25, 0.3) is 0 Å². The Morgan fingerprint density at radius 1 is 1.17 bits per heavy atom. The van der Waals surface area contributed by atoms with Gasteiger partial charge >= 0.3 is 0 Å². The summed E-state index contributed by atoms with van der Waals surface area (Å²) in [5, 5.41) is 3.14. The molecule has 1 aromatic carbocycles. The Balaban J connectivity index is 1.56. The first-order valence-electron chi connectivity index (χ1n) is 8.79. The average molecular weight is 324 g/mol. The molecule has 3 fully saturated rings. The van der Waals surface area contributed by atoms with Gasteiger partial charge in [0.2, 0.25) is 5.95 Å². The zero-order chi connectivity index (χ0) is 16.7. The Hall–Kier alpha value is -2.30. The van der Waals surface area contributed by atoms with Crippen LogP contribution in [0.1, 0.15) is 49.7 Å². The maximum atomic E-state index is 11.9. The fourth-order valence-corrected chi connectivity index (χ4v) is 4.37. The van der Waals surface area contributed by atoms with Crippen LogP contribution < -0.4 is 16.7 Å². The lowest BCUT2D eigenvalue weighted by Crippen LogP contribution is -2.37. The fourth-order valence-electron chi connectivity index (χ4n) is 4.37. The molecule has 5 heteroatoms. The summed E-state index contributed by atoms with van der Waals surface area (Å²) in [6.07, 6.45) is 9.67. The largest absolute Gasteiger partial charge is 0.333 e. The van der Waals surface area contributed by atoms with Crippen LogP contribution >= 0.6 is 0 Å². The third kappa shape index (κ3) is 2.48. The predicted octanol–water partition coefficient (Wildman–Crippen LogP) is 3.23. The van der Waals surface area contributed by atoms with E-state index in [0.717, 1.165) is 16.3 Å². The number of nitrogens with zero attached hydrogens (tertiary/aromatic N) is 2. The summed E-state index contributed by atoms with van der Waals surface area (Å²) >= 11 is 0. The maximum absolute atomic E-state index is 11.9. The molecule has 3 aliphatic rings. The minimum absolute atomic E-state index is 0.234. The van der Waals surface area contributed by atoms with E-state index in [1.165, 1.54) is 44.1 Å². The third-order valence-corrected chi connectivity index (χ3v) is 6.01. The quantitative estimate of drug-likeness (QED) is 0.850. The molecule has 0 amide bonds. The summed E-state index contributed by atoms with van der Waals surface area (Å²) in [6.45, 7) is 1.70. The molecule has 3 saturated carbocycles. The smallest absolute Gasteiger partial charge is 0.276 e. The van der Waals surface area contributed by atoms with Gasteiger partial charge in [0.25, 0.3) is 5.56 Å². The van der Waals surface area contributed by atoms with Crippen LogP contribution in [0.2, 0.25) is 0 Å². The molecule has 0 aliphatic heterocycles. The molecular formula is C19H24N4O. The number of fused-ring (bicyclic) bond motifs is 3. The number of aromatic nitrogens is 2. The molecule has 126 valence electrons. The van der Waals surface area contributed by atoms with Crippen molar-refractivity contribution >= 4 is 11.6 Å². The van der Waals surface area contributed by atoms with Crippen LogP contribution in [-0.4, -0.2) is 9.66 Å². The van der Waals surface area contributed by atoms with Crippen LogP contribution in [0, 0.1) is 12.8 Å². The summed E-state index contributed by atoms with van der Waals surface area (Å²) in [5.74, 6) is 7.14. The van der Waals surface area contributed by atoms with Gasteiger partial charge in [-0.1, -0.05) is 12.1 Å². The van der Waals surface area contributed by atoms with E-state index < -0.39 is 0 Å². The summed E-state index contributed by atoms with van der Waals surface area (Å²) in [7, 11) is 0. The molecule has 0 radical (unpaired) electrons. The molecule has 3 N–H and O–H groups in total. The minimum Gasteiger partial charge on any atom is -0.333 e. The molecule has 2 aromatic rings. The summed E-state index contributed by atoms with van der Waals surface area (Å²) < 4.78 is 1.06. The molecule has 5 rings (SSSR count). The molecule has 5 nitrogen and oxygen atoms in total. The number of nitrogen functional groups attached to an aromatic ring is 1. The Labute approximate surface area is 141 Å². The average Bonchev–Trinajstić information content (AvgIpc) is 2.64. The fraction of sp³-hybridized carbons (Fsp3) is 0.474. The van der Waals surface area contributed by atoms with Crippen molar-refractivity contribution in [3.63, 3.8) is 0 Å². The van der Waals surface area contributed by atoms with Gasteiger partial charge in [-0.2, -0.15) is 4.68 Å². The number of hydrogen-bond acceptors (Lipinski definition) is 4. The lowest BCUT2D eigenvalue weighted by Gasteiger charge is -2.47. The van der Waals surface area contributed by atoms with Gasteiger partial charge in [-0.3, -0.25) is 4.79 Å². The third-order valence-electron chi connectivity index (χ3n) is 6.01. The maximum Gasteiger partial charge on any atom is 0.276 e. The number of nitrogens with two attached hydrogens (primary N) is 1. The Morgan fingerprint density at radius 3 is 2.42 bits per heavy atom.